The maximum absolute atomic E-state index is 12.0. The summed E-state index contributed by atoms with van der Waals surface area (Å²) in [4.78, 5) is 35.0. The van der Waals surface area contributed by atoms with Gasteiger partial charge in [-0.25, -0.2) is 4.79 Å². The molecule has 0 unspecified atom stereocenters. The molecule has 22 heavy (non-hydrogen) atoms. The van der Waals surface area contributed by atoms with Gasteiger partial charge in [-0.1, -0.05) is 6.42 Å². The molecule has 122 valence electrons. The van der Waals surface area contributed by atoms with E-state index < -0.39 is 41.7 Å². The lowest BCUT2D eigenvalue weighted by Crippen LogP contribution is -2.47. The van der Waals surface area contributed by atoms with Gasteiger partial charge in [-0.2, -0.15) is 0 Å². The number of esters is 2. The first-order valence-corrected chi connectivity index (χ1v) is 7.27. The minimum absolute atomic E-state index is 0.177. The molecule has 1 heterocycles. The Bertz CT molecular complexity index is 505. The van der Waals surface area contributed by atoms with Crippen molar-refractivity contribution in [3.05, 3.63) is 11.5 Å². The molecule has 1 aliphatic carbocycles. The molecule has 0 aromatic rings. The summed E-state index contributed by atoms with van der Waals surface area (Å²) >= 11 is 0. The van der Waals surface area contributed by atoms with Gasteiger partial charge in [-0.3, -0.25) is 9.59 Å². The van der Waals surface area contributed by atoms with Crippen molar-refractivity contribution in [3.63, 3.8) is 0 Å². The Morgan fingerprint density at radius 3 is 2.55 bits per heavy atom. The molecule has 1 aliphatic heterocycles. The van der Waals surface area contributed by atoms with Gasteiger partial charge in [-0.15, -0.1) is 0 Å². The summed E-state index contributed by atoms with van der Waals surface area (Å²) in [6, 6.07) is 0. The van der Waals surface area contributed by atoms with Crippen molar-refractivity contribution in [2.24, 2.45) is 0 Å². The minimum atomic E-state index is -1.18. The number of hydrogen-bond acceptors (Lipinski definition) is 7. The van der Waals surface area contributed by atoms with E-state index >= 15 is 0 Å². The van der Waals surface area contributed by atoms with Crippen molar-refractivity contribution in [1.82, 2.24) is 5.32 Å². The number of aliphatic hydroxyl groups excluding tert-OH is 1. The number of carbonyl (C=O) groups is 3. The second kappa shape index (κ2) is 6.67. The Morgan fingerprint density at radius 2 is 1.95 bits per heavy atom. The normalized spacial score (nSPS) is 20.1. The first-order valence-electron chi connectivity index (χ1n) is 7.27. The molecule has 0 aromatic heterocycles. The number of aliphatic hydroxyl groups is 1. The van der Waals surface area contributed by atoms with Crippen molar-refractivity contribution >= 4 is 17.8 Å². The average Bonchev–Trinajstić information content (AvgIpc) is 2.45. The minimum Gasteiger partial charge on any atom is -0.480 e. The van der Waals surface area contributed by atoms with E-state index in [1.807, 2.05) is 0 Å². The van der Waals surface area contributed by atoms with Crippen LogP contribution in [0.4, 0.5) is 0 Å². The largest absolute Gasteiger partial charge is 0.480 e. The van der Waals surface area contributed by atoms with Crippen LogP contribution in [0.2, 0.25) is 0 Å². The number of carbonyl (C=O) groups excluding carboxylic acids is 3. The third-order valence-electron chi connectivity index (χ3n) is 3.52. The molecule has 0 radical (unpaired) electrons. The highest BCUT2D eigenvalue weighted by Gasteiger charge is 2.46. The quantitative estimate of drug-likeness (QED) is 0.579. The molecule has 8 nitrogen and oxygen atoms in total. The van der Waals surface area contributed by atoms with Crippen LogP contribution in [0.3, 0.4) is 0 Å². The summed E-state index contributed by atoms with van der Waals surface area (Å²) in [5, 5.41) is 12.1. The first-order chi connectivity index (χ1) is 10.5. The van der Waals surface area contributed by atoms with E-state index in [0.29, 0.717) is 12.8 Å². The van der Waals surface area contributed by atoms with Crippen LogP contribution >= 0.6 is 0 Å². The molecule has 8 heteroatoms. The lowest BCUT2D eigenvalue weighted by Gasteiger charge is -2.38. The molecule has 0 saturated heterocycles. The summed E-state index contributed by atoms with van der Waals surface area (Å²) < 4.78 is 15.1. The van der Waals surface area contributed by atoms with Gasteiger partial charge in [0.05, 0.1) is 6.61 Å². The predicted molar refractivity (Wildman–Crippen MR) is 72.3 cm³/mol. The highest BCUT2D eigenvalue weighted by atomic mass is 16.8. The molecule has 0 aromatic carbocycles. The molecule has 2 rings (SSSR count). The zero-order chi connectivity index (χ0) is 16.2. The lowest BCUT2D eigenvalue weighted by atomic mass is 9.93. The van der Waals surface area contributed by atoms with E-state index in [9.17, 15) is 19.5 Å². The lowest BCUT2D eigenvalue weighted by molar-refractivity contribution is -0.249. The Hall–Kier alpha value is -2.25. The van der Waals surface area contributed by atoms with E-state index in [-0.39, 0.29) is 6.61 Å². The Morgan fingerprint density at radius 1 is 1.27 bits per heavy atom. The molecular weight excluding hydrogens is 294 g/mol. The fourth-order valence-electron chi connectivity index (χ4n) is 2.49. The molecule has 0 bridgehead atoms. The summed E-state index contributed by atoms with van der Waals surface area (Å²) in [5.41, 5.74) is -0.638. The second-order valence-corrected chi connectivity index (χ2v) is 5.13. The topological polar surface area (TPSA) is 111 Å². The van der Waals surface area contributed by atoms with E-state index in [4.69, 9.17) is 9.47 Å². The van der Waals surface area contributed by atoms with Crippen molar-refractivity contribution in [2.75, 3.05) is 13.2 Å². The highest BCUT2D eigenvalue weighted by molar-refractivity contribution is 6.17. The first kappa shape index (κ1) is 16.1. The second-order valence-electron chi connectivity index (χ2n) is 5.13. The van der Waals surface area contributed by atoms with E-state index in [1.165, 1.54) is 0 Å². The Labute approximate surface area is 127 Å². The number of hydrogen-bond donors (Lipinski definition) is 2. The van der Waals surface area contributed by atoms with Crippen molar-refractivity contribution < 1.29 is 33.7 Å². The van der Waals surface area contributed by atoms with Gasteiger partial charge in [0.2, 0.25) is 5.57 Å². The van der Waals surface area contributed by atoms with Gasteiger partial charge in [0.15, 0.2) is 0 Å². The third kappa shape index (κ3) is 3.49. The van der Waals surface area contributed by atoms with Gasteiger partial charge in [0.1, 0.15) is 6.54 Å². The third-order valence-corrected chi connectivity index (χ3v) is 3.52. The van der Waals surface area contributed by atoms with Crippen LogP contribution in [-0.2, 0) is 28.6 Å². The summed E-state index contributed by atoms with van der Waals surface area (Å²) in [6.07, 6.45) is 3.57. The standard InChI is InChI=1S/C14H19NO7/c1-2-20-9(16)8-15-11(17)10-12(18)21-14(22-13(10)19)6-4-3-5-7-14/h18H,2-8H2,1H3,(H,15,17). The number of amides is 1. The Kier molecular flexibility index (Phi) is 4.89. The number of nitrogens with one attached hydrogen (secondary N) is 1. The summed E-state index contributed by atoms with van der Waals surface area (Å²) in [5.74, 6) is -4.48. The van der Waals surface area contributed by atoms with Crippen molar-refractivity contribution in [1.29, 1.82) is 0 Å². The van der Waals surface area contributed by atoms with Crippen LogP contribution in [0.1, 0.15) is 39.0 Å². The molecule has 1 saturated carbocycles. The maximum Gasteiger partial charge on any atom is 0.354 e. The van der Waals surface area contributed by atoms with Gasteiger partial charge in [0.25, 0.3) is 11.7 Å². The van der Waals surface area contributed by atoms with Gasteiger partial charge in [-0.05, 0) is 19.8 Å². The van der Waals surface area contributed by atoms with Gasteiger partial charge in [0, 0.05) is 12.8 Å². The van der Waals surface area contributed by atoms with Gasteiger partial charge < -0.3 is 24.6 Å². The van der Waals surface area contributed by atoms with Crippen LogP contribution in [0.5, 0.6) is 0 Å². The summed E-state index contributed by atoms with van der Waals surface area (Å²) in [7, 11) is 0. The van der Waals surface area contributed by atoms with E-state index in [0.717, 1.165) is 19.3 Å². The van der Waals surface area contributed by atoms with Gasteiger partial charge >= 0.3 is 17.9 Å². The number of ether oxygens (including phenoxy) is 3. The smallest absolute Gasteiger partial charge is 0.354 e. The van der Waals surface area contributed by atoms with Crippen LogP contribution in [0.25, 0.3) is 0 Å². The van der Waals surface area contributed by atoms with Crippen LogP contribution in [-0.4, -0.2) is 41.9 Å². The molecule has 1 spiro atoms. The predicted octanol–water partition coefficient (Wildman–Crippen LogP) is 0.669. The van der Waals surface area contributed by atoms with Crippen molar-refractivity contribution in [2.45, 2.75) is 44.8 Å². The monoisotopic (exact) mass is 313 g/mol. The number of rotatable bonds is 4. The molecule has 1 amide bonds. The zero-order valence-corrected chi connectivity index (χ0v) is 12.3. The van der Waals surface area contributed by atoms with Crippen molar-refractivity contribution in [3.8, 4) is 0 Å². The van der Waals surface area contributed by atoms with Crippen LogP contribution in [0.15, 0.2) is 11.5 Å². The fourth-order valence-corrected chi connectivity index (χ4v) is 2.49. The van der Waals surface area contributed by atoms with Crippen LogP contribution < -0.4 is 5.32 Å². The zero-order valence-electron chi connectivity index (χ0n) is 12.3. The highest BCUT2D eigenvalue weighted by Crippen LogP contribution is 2.38. The molecule has 2 N–H and O–H groups in total. The molecule has 2 aliphatic rings. The summed E-state index contributed by atoms with van der Waals surface area (Å²) in [6.45, 7) is 1.39. The SMILES string of the molecule is CCOC(=O)CNC(=O)C1=C(O)OC2(CCCCC2)OC1=O. The molecule has 0 atom stereocenters. The fraction of sp³-hybridized carbons (Fsp3) is 0.643. The average molecular weight is 313 g/mol. The molecular formula is C14H19NO7. The van der Waals surface area contributed by atoms with Crippen LogP contribution in [0, 0.1) is 0 Å². The maximum atomic E-state index is 12.0. The Balaban J connectivity index is 2.03. The van der Waals surface area contributed by atoms with E-state index in [1.54, 1.807) is 6.92 Å². The molecule has 1 fully saturated rings. The van der Waals surface area contributed by atoms with E-state index in [2.05, 4.69) is 10.1 Å².